The fourth-order valence-corrected chi connectivity index (χ4v) is 3.18. The number of ether oxygens (including phenoxy) is 1. The second kappa shape index (κ2) is 5.14. The van der Waals surface area contributed by atoms with Gasteiger partial charge in [-0.25, -0.2) is 0 Å². The van der Waals surface area contributed by atoms with Gasteiger partial charge in [0.05, 0.1) is 18.1 Å². The molecule has 0 unspecified atom stereocenters. The molecule has 0 amide bonds. The first-order valence-corrected chi connectivity index (χ1v) is 6.99. The third-order valence-corrected chi connectivity index (χ3v) is 4.34. The van der Waals surface area contributed by atoms with Gasteiger partial charge in [-0.15, -0.1) is 11.3 Å². The van der Waals surface area contributed by atoms with Gasteiger partial charge in [-0.1, -0.05) is 27.7 Å². The number of thiophene rings is 1. The number of methoxy groups -OCH3 is 1. The van der Waals surface area contributed by atoms with E-state index in [-0.39, 0.29) is 0 Å². The quantitative estimate of drug-likeness (QED) is 0.806. The van der Waals surface area contributed by atoms with Crippen LogP contribution in [0.1, 0.15) is 50.0 Å². The van der Waals surface area contributed by atoms with Crippen molar-refractivity contribution in [1.82, 2.24) is 5.16 Å². The van der Waals surface area contributed by atoms with E-state index in [1.54, 1.807) is 18.4 Å². The van der Waals surface area contributed by atoms with Gasteiger partial charge in [-0.2, -0.15) is 0 Å². The average Bonchev–Trinajstić information content (AvgIpc) is 2.95. The monoisotopic (exact) mass is 265 g/mol. The van der Waals surface area contributed by atoms with Crippen LogP contribution in [0.4, 0.5) is 0 Å². The molecule has 0 saturated heterocycles. The SMILES string of the molecule is COc1cc(-c2cc(C(C)C)c(C(C)C)s2)on1. The zero-order valence-electron chi connectivity index (χ0n) is 11.5. The molecule has 2 aromatic heterocycles. The summed E-state index contributed by atoms with van der Waals surface area (Å²) in [5.74, 6) is 2.37. The second-order valence-electron chi connectivity index (χ2n) is 4.97. The van der Waals surface area contributed by atoms with Crippen LogP contribution in [0.2, 0.25) is 0 Å². The predicted molar refractivity (Wildman–Crippen MR) is 74.5 cm³/mol. The first-order valence-electron chi connectivity index (χ1n) is 6.17. The Morgan fingerprint density at radius 2 is 1.89 bits per heavy atom. The van der Waals surface area contributed by atoms with Gasteiger partial charge < -0.3 is 9.26 Å². The van der Waals surface area contributed by atoms with Crippen molar-refractivity contribution in [3.05, 3.63) is 22.6 Å². The molecule has 0 aliphatic rings. The average molecular weight is 265 g/mol. The molecule has 2 rings (SSSR count). The minimum atomic E-state index is 0.524. The van der Waals surface area contributed by atoms with E-state index in [0.717, 1.165) is 10.6 Å². The van der Waals surface area contributed by atoms with Crippen LogP contribution in [0.25, 0.3) is 10.6 Å². The Bertz CT molecular complexity index is 500. The van der Waals surface area contributed by atoms with Crippen LogP contribution in [0.3, 0.4) is 0 Å². The summed E-state index contributed by atoms with van der Waals surface area (Å²) in [5, 5.41) is 3.85. The highest BCUT2D eigenvalue weighted by Gasteiger charge is 2.18. The molecule has 3 nitrogen and oxygen atoms in total. The first kappa shape index (κ1) is 13.1. The second-order valence-corrected chi connectivity index (χ2v) is 6.06. The number of rotatable bonds is 4. The van der Waals surface area contributed by atoms with Crippen LogP contribution in [0.15, 0.2) is 16.7 Å². The molecule has 98 valence electrons. The van der Waals surface area contributed by atoms with Crippen molar-refractivity contribution in [2.45, 2.75) is 39.5 Å². The minimum absolute atomic E-state index is 0.524. The molecule has 0 aromatic carbocycles. The van der Waals surface area contributed by atoms with Gasteiger partial charge in [0, 0.05) is 4.88 Å². The standard InChI is InChI=1S/C14H19NO2S/c1-8(2)10-6-12(18-14(10)9(3)4)11-7-13(16-5)15-17-11/h6-9H,1-5H3. The van der Waals surface area contributed by atoms with E-state index in [9.17, 15) is 0 Å². The van der Waals surface area contributed by atoms with Gasteiger partial charge in [0.15, 0.2) is 5.76 Å². The van der Waals surface area contributed by atoms with E-state index in [0.29, 0.717) is 17.7 Å². The molecule has 0 bridgehead atoms. The van der Waals surface area contributed by atoms with Crippen LogP contribution >= 0.6 is 11.3 Å². The summed E-state index contributed by atoms with van der Waals surface area (Å²) < 4.78 is 10.4. The molecular formula is C14H19NO2S. The summed E-state index contributed by atoms with van der Waals surface area (Å²) in [6.07, 6.45) is 0. The predicted octanol–water partition coefficient (Wildman–Crippen LogP) is 4.66. The summed E-state index contributed by atoms with van der Waals surface area (Å²) >= 11 is 1.78. The van der Waals surface area contributed by atoms with Gasteiger partial charge in [0.25, 0.3) is 5.88 Å². The van der Waals surface area contributed by atoms with Crippen molar-refractivity contribution in [2.24, 2.45) is 0 Å². The van der Waals surface area contributed by atoms with Crippen molar-refractivity contribution >= 4 is 11.3 Å². The molecule has 2 heterocycles. The van der Waals surface area contributed by atoms with Crippen LogP contribution in [-0.2, 0) is 0 Å². The Morgan fingerprint density at radius 1 is 1.17 bits per heavy atom. The maximum atomic E-state index is 5.30. The summed E-state index contributed by atoms with van der Waals surface area (Å²) in [5.41, 5.74) is 1.40. The van der Waals surface area contributed by atoms with E-state index in [2.05, 4.69) is 38.9 Å². The maximum Gasteiger partial charge on any atom is 0.254 e. The summed E-state index contributed by atoms with van der Waals surface area (Å²) in [4.78, 5) is 2.55. The van der Waals surface area contributed by atoms with Crippen LogP contribution < -0.4 is 4.74 Å². The number of nitrogens with zero attached hydrogens (tertiary/aromatic N) is 1. The van der Waals surface area contributed by atoms with E-state index in [1.807, 2.05) is 6.07 Å². The van der Waals surface area contributed by atoms with Crippen molar-refractivity contribution < 1.29 is 9.26 Å². The van der Waals surface area contributed by atoms with Crippen molar-refractivity contribution in [2.75, 3.05) is 7.11 Å². The van der Waals surface area contributed by atoms with E-state index in [1.165, 1.54) is 10.4 Å². The van der Waals surface area contributed by atoms with Gasteiger partial charge in [-0.05, 0) is 28.6 Å². The third-order valence-electron chi connectivity index (χ3n) is 2.88. The van der Waals surface area contributed by atoms with Crippen molar-refractivity contribution in [3.8, 4) is 16.5 Å². The van der Waals surface area contributed by atoms with Crippen LogP contribution in [0, 0.1) is 0 Å². The lowest BCUT2D eigenvalue weighted by Gasteiger charge is -2.08. The molecule has 0 aliphatic carbocycles. The normalized spacial score (nSPS) is 11.5. The van der Waals surface area contributed by atoms with Crippen molar-refractivity contribution in [1.29, 1.82) is 0 Å². The first-order chi connectivity index (χ1) is 8.52. The van der Waals surface area contributed by atoms with Gasteiger partial charge in [-0.3, -0.25) is 0 Å². The smallest absolute Gasteiger partial charge is 0.254 e. The van der Waals surface area contributed by atoms with Crippen molar-refractivity contribution in [3.63, 3.8) is 0 Å². The Labute approximate surface area is 112 Å². The fraction of sp³-hybridized carbons (Fsp3) is 0.500. The fourth-order valence-electron chi connectivity index (χ4n) is 1.91. The molecule has 0 atom stereocenters. The lowest BCUT2D eigenvalue weighted by atomic mass is 9.99. The van der Waals surface area contributed by atoms with E-state index < -0.39 is 0 Å². The van der Waals surface area contributed by atoms with Gasteiger partial charge in [0.1, 0.15) is 0 Å². The Hall–Kier alpha value is -1.29. The number of hydrogen-bond donors (Lipinski definition) is 0. The Morgan fingerprint density at radius 3 is 2.33 bits per heavy atom. The maximum absolute atomic E-state index is 5.30. The summed E-state index contributed by atoms with van der Waals surface area (Å²) in [6, 6.07) is 4.05. The highest BCUT2D eigenvalue weighted by atomic mass is 32.1. The van der Waals surface area contributed by atoms with Gasteiger partial charge in [0.2, 0.25) is 0 Å². The van der Waals surface area contributed by atoms with Crippen LogP contribution in [-0.4, -0.2) is 12.3 Å². The summed E-state index contributed by atoms with van der Waals surface area (Å²) in [7, 11) is 1.59. The lowest BCUT2D eigenvalue weighted by molar-refractivity contribution is 0.343. The third kappa shape index (κ3) is 2.43. The molecule has 18 heavy (non-hydrogen) atoms. The summed E-state index contributed by atoms with van der Waals surface area (Å²) in [6.45, 7) is 8.89. The highest BCUT2D eigenvalue weighted by molar-refractivity contribution is 7.15. The number of aromatic nitrogens is 1. The lowest BCUT2D eigenvalue weighted by Crippen LogP contribution is -1.91. The van der Waals surface area contributed by atoms with Crippen LogP contribution in [0.5, 0.6) is 5.88 Å². The molecule has 0 spiro atoms. The number of hydrogen-bond acceptors (Lipinski definition) is 4. The molecular weight excluding hydrogens is 246 g/mol. The minimum Gasteiger partial charge on any atom is -0.479 e. The van der Waals surface area contributed by atoms with Gasteiger partial charge >= 0.3 is 0 Å². The zero-order valence-corrected chi connectivity index (χ0v) is 12.3. The molecule has 4 heteroatoms. The topological polar surface area (TPSA) is 35.3 Å². The molecule has 0 radical (unpaired) electrons. The Kier molecular flexibility index (Phi) is 3.76. The largest absolute Gasteiger partial charge is 0.479 e. The zero-order chi connectivity index (χ0) is 13.3. The molecule has 0 fully saturated rings. The molecule has 0 N–H and O–H groups in total. The molecule has 0 saturated carbocycles. The molecule has 0 aliphatic heterocycles. The van der Waals surface area contributed by atoms with E-state index >= 15 is 0 Å². The van der Waals surface area contributed by atoms with E-state index in [4.69, 9.17) is 9.26 Å². The highest BCUT2D eigenvalue weighted by Crippen LogP contribution is 2.39. The molecule has 2 aromatic rings. The Balaban J connectivity index is 2.43.